The number of benzene rings is 2. The van der Waals surface area contributed by atoms with Gasteiger partial charge in [-0.3, -0.25) is 0 Å². The SMILES string of the molecule is CC(C)(C)OC(=O)N1CCN(c2cc(N3CCC(Oc4ccc(C(F)(F)F)cc4)CC3)cc(C3(O)COC3)c2)CC1. The van der Waals surface area contributed by atoms with Crippen molar-refractivity contribution in [2.24, 2.45) is 0 Å². The fourth-order valence-electron chi connectivity index (χ4n) is 5.31. The van der Waals surface area contributed by atoms with Crippen LogP contribution in [0.5, 0.6) is 5.75 Å². The summed E-state index contributed by atoms with van der Waals surface area (Å²) in [5.41, 5.74) is 0.486. The van der Waals surface area contributed by atoms with Gasteiger partial charge in [0.1, 0.15) is 23.1 Å². The van der Waals surface area contributed by atoms with Gasteiger partial charge in [-0.2, -0.15) is 13.2 Å². The highest BCUT2D eigenvalue weighted by Crippen LogP contribution is 2.37. The number of anilines is 2. The molecule has 0 aliphatic carbocycles. The molecule has 224 valence electrons. The Morgan fingerprint density at radius 3 is 1.95 bits per heavy atom. The van der Waals surface area contributed by atoms with E-state index in [1.807, 2.05) is 32.9 Å². The average Bonchev–Trinajstić information content (AvgIpc) is 2.91. The van der Waals surface area contributed by atoms with Gasteiger partial charge in [-0.05, 0) is 68.8 Å². The summed E-state index contributed by atoms with van der Waals surface area (Å²) in [6, 6.07) is 11.0. The van der Waals surface area contributed by atoms with Crippen molar-refractivity contribution >= 4 is 17.5 Å². The van der Waals surface area contributed by atoms with Crippen molar-refractivity contribution in [3.63, 3.8) is 0 Å². The van der Waals surface area contributed by atoms with Crippen LogP contribution in [0.4, 0.5) is 29.3 Å². The molecule has 1 amide bonds. The summed E-state index contributed by atoms with van der Waals surface area (Å²) in [6.07, 6.45) is -3.36. The number of alkyl halides is 3. The van der Waals surface area contributed by atoms with Gasteiger partial charge in [0, 0.05) is 63.5 Å². The molecule has 8 nitrogen and oxygen atoms in total. The first kappa shape index (κ1) is 29.3. The average molecular weight is 578 g/mol. The minimum atomic E-state index is -4.37. The second kappa shape index (κ2) is 11.2. The van der Waals surface area contributed by atoms with Crippen LogP contribution in [-0.2, 0) is 21.3 Å². The summed E-state index contributed by atoms with van der Waals surface area (Å²) in [7, 11) is 0. The van der Waals surface area contributed by atoms with Gasteiger partial charge < -0.3 is 34.0 Å². The van der Waals surface area contributed by atoms with Crippen molar-refractivity contribution in [1.82, 2.24) is 4.90 Å². The number of piperazine rings is 1. The Bertz CT molecular complexity index is 1210. The van der Waals surface area contributed by atoms with Gasteiger partial charge in [0.05, 0.1) is 18.8 Å². The van der Waals surface area contributed by atoms with Gasteiger partial charge in [0.15, 0.2) is 0 Å². The molecule has 1 N–H and O–H groups in total. The first-order chi connectivity index (χ1) is 19.3. The molecule has 3 fully saturated rings. The molecule has 2 aromatic rings. The lowest BCUT2D eigenvalue weighted by Crippen LogP contribution is -2.50. The van der Waals surface area contributed by atoms with Crippen molar-refractivity contribution in [1.29, 1.82) is 0 Å². The van der Waals surface area contributed by atoms with Gasteiger partial charge in [-0.15, -0.1) is 0 Å². The minimum Gasteiger partial charge on any atom is -0.490 e. The molecule has 41 heavy (non-hydrogen) atoms. The minimum absolute atomic E-state index is 0.101. The van der Waals surface area contributed by atoms with Crippen molar-refractivity contribution in [2.45, 2.75) is 57.1 Å². The highest BCUT2D eigenvalue weighted by Gasteiger charge is 2.39. The van der Waals surface area contributed by atoms with Crippen LogP contribution >= 0.6 is 0 Å². The van der Waals surface area contributed by atoms with E-state index in [0.717, 1.165) is 29.1 Å². The lowest BCUT2D eigenvalue weighted by Gasteiger charge is -2.41. The Morgan fingerprint density at radius 1 is 0.902 bits per heavy atom. The van der Waals surface area contributed by atoms with E-state index in [1.165, 1.54) is 12.1 Å². The quantitative estimate of drug-likeness (QED) is 0.535. The molecule has 0 bridgehead atoms. The van der Waals surface area contributed by atoms with E-state index in [4.69, 9.17) is 14.2 Å². The molecular weight excluding hydrogens is 539 g/mol. The highest BCUT2D eigenvalue weighted by atomic mass is 19.4. The summed E-state index contributed by atoms with van der Waals surface area (Å²) in [4.78, 5) is 18.7. The second-order valence-corrected chi connectivity index (χ2v) is 12.0. The van der Waals surface area contributed by atoms with Crippen LogP contribution in [-0.4, -0.2) is 80.3 Å². The molecule has 2 aromatic carbocycles. The molecule has 0 aromatic heterocycles. The number of amides is 1. The molecule has 0 atom stereocenters. The highest BCUT2D eigenvalue weighted by molar-refractivity contribution is 5.69. The number of rotatable bonds is 5. The number of halogens is 3. The zero-order valence-corrected chi connectivity index (χ0v) is 23.7. The number of aliphatic hydroxyl groups is 1. The van der Waals surface area contributed by atoms with Crippen molar-refractivity contribution in [2.75, 3.05) is 62.3 Å². The number of piperidine rings is 1. The van der Waals surface area contributed by atoms with Crippen LogP contribution in [0.15, 0.2) is 42.5 Å². The molecule has 0 radical (unpaired) electrons. The third kappa shape index (κ3) is 7.01. The molecule has 0 unspecified atom stereocenters. The molecule has 0 saturated carbocycles. The molecular formula is C30H38F3N3O5. The first-order valence-corrected chi connectivity index (χ1v) is 14.1. The Labute approximate surface area is 238 Å². The number of nitrogens with zero attached hydrogens (tertiary/aromatic N) is 3. The van der Waals surface area contributed by atoms with Crippen molar-refractivity contribution < 1.29 is 37.3 Å². The molecule has 11 heteroatoms. The topological polar surface area (TPSA) is 74.7 Å². The van der Waals surface area contributed by atoms with Crippen molar-refractivity contribution in [3.05, 3.63) is 53.6 Å². The number of ether oxygens (including phenoxy) is 3. The summed E-state index contributed by atoms with van der Waals surface area (Å²) < 4.78 is 55.4. The summed E-state index contributed by atoms with van der Waals surface area (Å²) >= 11 is 0. The zero-order valence-electron chi connectivity index (χ0n) is 23.7. The Balaban J connectivity index is 1.24. The van der Waals surface area contributed by atoms with Gasteiger partial charge in [0.25, 0.3) is 0 Å². The number of hydrogen-bond donors (Lipinski definition) is 1. The predicted octanol–water partition coefficient (Wildman–Crippen LogP) is 5.03. The largest absolute Gasteiger partial charge is 0.490 e. The maximum atomic E-state index is 12.9. The number of carbonyl (C=O) groups excluding carboxylic acids is 1. The molecule has 5 rings (SSSR count). The Kier molecular flexibility index (Phi) is 8.04. The lowest BCUT2D eigenvalue weighted by molar-refractivity contribution is -0.184. The summed E-state index contributed by atoms with van der Waals surface area (Å²) in [5.74, 6) is 0.429. The van der Waals surface area contributed by atoms with Crippen LogP contribution in [0.25, 0.3) is 0 Å². The maximum absolute atomic E-state index is 12.9. The van der Waals surface area contributed by atoms with E-state index >= 15 is 0 Å². The zero-order chi connectivity index (χ0) is 29.4. The van der Waals surface area contributed by atoms with Gasteiger partial charge in [-0.25, -0.2) is 4.79 Å². The Morgan fingerprint density at radius 2 is 1.46 bits per heavy atom. The normalized spacial score (nSPS) is 20.0. The van der Waals surface area contributed by atoms with Crippen LogP contribution < -0.4 is 14.5 Å². The van der Waals surface area contributed by atoms with Crippen LogP contribution in [0.2, 0.25) is 0 Å². The molecule has 0 spiro atoms. The molecule has 3 aliphatic rings. The Hall–Kier alpha value is -3.18. The smallest absolute Gasteiger partial charge is 0.416 e. The van der Waals surface area contributed by atoms with E-state index in [2.05, 4.69) is 15.9 Å². The van der Waals surface area contributed by atoms with E-state index < -0.39 is 22.9 Å². The summed E-state index contributed by atoms with van der Waals surface area (Å²) in [5, 5.41) is 11.1. The van der Waals surface area contributed by atoms with Crippen LogP contribution in [0.3, 0.4) is 0 Å². The lowest BCUT2D eigenvalue weighted by atomic mass is 9.90. The van der Waals surface area contributed by atoms with Gasteiger partial charge in [0.2, 0.25) is 0 Å². The van der Waals surface area contributed by atoms with E-state index in [9.17, 15) is 23.1 Å². The maximum Gasteiger partial charge on any atom is 0.416 e. The third-order valence-corrected chi connectivity index (χ3v) is 7.71. The van der Waals surface area contributed by atoms with E-state index in [1.54, 1.807) is 4.90 Å². The molecule has 3 aliphatic heterocycles. The summed E-state index contributed by atoms with van der Waals surface area (Å²) in [6.45, 7) is 9.80. The van der Waals surface area contributed by atoms with Gasteiger partial charge >= 0.3 is 12.3 Å². The van der Waals surface area contributed by atoms with Crippen LogP contribution in [0, 0.1) is 0 Å². The molecule has 3 heterocycles. The third-order valence-electron chi connectivity index (χ3n) is 7.71. The van der Waals surface area contributed by atoms with E-state index in [0.29, 0.717) is 57.9 Å². The molecule has 3 saturated heterocycles. The monoisotopic (exact) mass is 577 g/mol. The fraction of sp³-hybridized carbons (Fsp3) is 0.567. The second-order valence-electron chi connectivity index (χ2n) is 12.0. The first-order valence-electron chi connectivity index (χ1n) is 14.1. The van der Waals surface area contributed by atoms with E-state index in [-0.39, 0.29) is 25.4 Å². The predicted molar refractivity (Wildman–Crippen MR) is 148 cm³/mol. The van der Waals surface area contributed by atoms with Gasteiger partial charge in [-0.1, -0.05) is 0 Å². The number of carbonyl (C=O) groups is 1. The van der Waals surface area contributed by atoms with Crippen LogP contribution in [0.1, 0.15) is 44.7 Å². The fourth-order valence-corrected chi connectivity index (χ4v) is 5.31. The standard InChI is InChI=1S/C30H38F3N3O5/c1-28(2,3)41-27(37)36-14-12-35(13-15-36)24-17-22(29(38)19-39-20-29)16-23(18-24)34-10-8-26(9-11-34)40-25-6-4-21(5-7-25)30(31,32)33/h4-7,16-18,26,38H,8-15,19-20H2,1-3H3. The number of hydrogen-bond acceptors (Lipinski definition) is 7. The van der Waals surface area contributed by atoms with Crippen molar-refractivity contribution in [3.8, 4) is 5.75 Å².